The van der Waals surface area contributed by atoms with E-state index in [2.05, 4.69) is 0 Å². The molecular formula is C10H15NO4. The van der Waals surface area contributed by atoms with Crippen molar-refractivity contribution >= 4 is 11.8 Å². The van der Waals surface area contributed by atoms with Crippen LogP contribution in [0.3, 0.4) is 0 Å². The normalized spacial score (nSPS) is 36.7. The van der Waals surface area contributed by atoms with Crippen LogP contribution in [-0.4, -0.2) is 47.2 Å². The fourth-order valence-corrected chi connectivity index (χ4v) is 2.03. The lowest BCUT2D eigenvalue weighted by Crippen LogP contribution is -2.46. The minimum absolute atomic E-state index is 0.0784. The van der Waals surface area contributed by atoms with E-state index in [0.717, 1.165) is 0 Å². The monoisotopic (exact) mass is 213 g/mol. The van der Waals surface area contributed by atoms with Crippen molar-refractivity contribution in [3.05, 3.63) is 0 Å². The van der Waals surface area contributed by atoms with E-state index in [4.69, 9.17) is 4.74 Å². The van der Waals surface area contributed by atoms with Gasteiger partial charge in [-0.25, -0.2) is 0 Å². The minimum Gasteiger partial charge on any atom is -0.386 e. The highest BCUT2D eigenvalue weighted by Crippen LogP contribution is 2.25. The fraction of sp³-hybridized carbons (Fsp3) is 0.800. The number of nitrogens with zero attached hydrogens (tertiary/aromatic N) is 1. The van der Waals surface area contributed by atoms with Gasteiger partial charge in [0.25, 0.3) is 0 Å². The zero-order valence-corrected chi connectivity index (χ0v) is 8.73. The molecule has 2 aliphatic rings. The van der Waals surface area contributed by atoms with Crippen LogP contribution in [0.25, 0.3) is 0 Å². The molecule has 0 radical (unpaired) electrons. The van der Waals surface area contributed by atoms with Crippen LogP contribution in [0.2, 0.25) is 0 Å². The first kappa shape index (κ1) is 10.6. The van der Waals surface area contributed by atoms with Crippen molar-refractivity contribution in [3.8, 4) is 0 Å². The summed E-state index contributed by atoms with van der Waals surface area (Å²) >= 11 is 0. The van der Waals surface area contributed by atoms with Crippen molar-refractivity contribution < 1.29 is 19.4 Å². The number of ether oxygens (including phenoxy) is 1. The van der Waals surface area contributed by atoms with E-state index in [0.29, 0.717) is 13.0 Å². The Morgan fingerprint density at radius 1 is 1.60 bits per heavy atom. The van der Waals surface area contributed by atoms with Gasteiger partial charge in [-0.3, -0.25) is 14.5 Å². The van der Waals surface area contributed by atoms with Gasteiger partial charge in [0.15, 0.2) is 0 Å². The molecule has 0 aliphatic carbocycles. The number of aliphatic hydroxyl groups is 1. The maximum absolute atomic E-state index is 11.6. The summed E-state index contributed by atoms with van der Waals surface area (Å²) in [5, 5.41) is 10.0. The zero-order valence-electron chi connectivity index (χ0n) is 8.73. The van der Waals surface area contributed by atoms with Gasteiger partial charge in [-0.15, -0.1) is 0 Å². The van der Waals surface area contributed by atoms with Gasteiger partial charge in [-0.2, -0.15) is 0 Å². The van der Waals surface area contributed by atoms with E-state index in [-0.39, 0.29) is 37.3 Å². The summed E-state index contributed by atoms with van der Waals surface area (Å²) in [5.41, 5.74) is -1.03. The molecule has 5 nitrogen and oxygen atoms in total. The molecule has 2 fully saturated rings. The van der Waals surface area contributed by atoms with E-state index < -0.39 is 5.60 Å². The van der Waals surface area contributed by atoms with Crippen molar-refractivity contribution in [2.75, 3.05) is 19.8 Å². The van der Waals surface area contributed by atoms with Gasteiger partial charge in [-0.1, -0.05) is 6.92 Å². The lowest BCUT2D eigenvalue weighted by atomic mass is 10.0. The molecule has 2 aliphatic heterocycles. The van der Waals surface area contributed by atoms with Crippen LogP contribution >= 0.6 is 0 Å². The van der Waals surface area contributed by atoms with E-state index >= 15 is 0 Å². The second kappa shape index (κ2) is 3.57. The molecule has 0 aromatic carbocycles. The Bertz CT molecular complexity index is 296. The van der Waals surface area contributed by atoms with Crippen molar-refractivity contribution in [1.29, 1.82) is 0 Å². The molecule has 0 spiro atoms. The van der Waals surface area contributed by atoms with Gasteiger partial charge in [0.05, 0.1) is 13.2 Å². The van der Waals surface area contributed by atoms with Crippen molar-refractivity contribution in [2.45, 2.75) is 25.4 Å². The Labute approximate surface area is 88.0 Å². The molecule has 2 atom stereocenters. The topological polar surface area (TPSA) is 66.8 Å². The molecular weight excluding hydrogens is 198 g/mol. The Kier molecular flexibility index (Phi) is 2.52. The molecule has 0 aromatic heterocycles. The first-order chi connectivity index (χ1) is 7.02. The summed E-state index contributed by atoms with van der Waals surface area (Å²) in [6.07, 6.45) is 0.744. The number of carbonyl (C=O) groups is 2. The van der Waals surface area contributed by atoms with Crippen LogP contribution in [0, 0.1) is 5.92 Å². The third-order valence-electron chi connectivity index (χ3n) is 3.00. The molecule has 2 rings (SSSR count). The molecule has 0 bridgehead atoms. The maximum atomic E-state index is 11.6. The summed E-state index contributed by atoms with van der Waals surface area (Å²) in [6.45, 7) is 2.51. The highest BCUT2D eigenvalue weighted by atomic mass is 16.5. The molecule has 2 saturated heterocycles. The van der Waals surface area contributed by atoms with Crippen LogP contribution in [0.15, 0.2) is 0 Å². The first-order valence-corrected chi connectivity index (χ1v) is 5.16. The predicted octanol–water partition coefficient (Wildman–Crippen LogP) is -0.467. The number of hydrogen-bond donors (Lipinski definition) is 1. The maximum Gasteiger partial charge on any atom is 0.232 e. The Balaban J connectivity index is 2.05. The molecule has 15 heavy (non-hydrogen) atoms. The van der Waals surface area contributed by atoms with E-state index in [9.17, 15) is 14.7 Å². The average Bonchev–Trinajstić information content (AvgIpc) is 2.68. The van der Waals surface area contributed by atoms with Gasteiger partial charge < -0.3 is 9.84 Å². The van der Waals surface area contributed by atoms with Crippen molar-refractivity contribution in [2.24, 2.45) is 5.92 Å². The van der Waals surface area contributed by atoms with Crippen molar-refractivity contribution in [3.63, 3.8) is 0 Å². The molecule has 0 saturated carbocycles. The molecule has 1 N–H and O–H groups in total. The number of rotatable bonds is 2. The number of likely N-dealkylation sites (tertiary alicyclic amines) is 1. The fourth-order valence-electron chi connectivity index (χ4n) is 2.03. The van der Waals surface area contributed by atoms with Crippen LogP contribution in [0.5, 0.6) is 0 Å². The highest BCUT2D eigenvalue weighted by Gasteiger charge is 2.42. The second-order valence-corrected chi connectivity index (χ2v) is 4.45. The third kappa shape index (κ3) is 1.89. The quantitative estimate of drug-likeness (QED) is 0.630. The minimum atomic E-state index is -1.03. The summed E-state index contributed by atoms with van der Waals surface area (Å²) in [5.74, 6) is -0.614. The molecule has 2 unspecified atom stereocenters. The Morgan fingerprint density at radius 2 is 2.33 bits per heavy atom. The average molecular weight is 213 g/mol. The molecule has 0 aromatic rings. The van der Waals surface area contributed by atoms with Crippen LogP contribution in [-0.2, 0) is 14.3 Å². The largest absolute Gasteiger partial charge is 0.386 e. The van der Waals surface area contributed by atoms with Gasteiger partial charge >= 0.3 is 0 Å². The first-order valence-electron chi connectivity index (χ1n) is 5.16. The van der Waals surface area contributed by atoms with Gasteiger partial charge in [0.2, 0.25) is 11.8 Å². The van der Waals surface area contributed by atoms with Gasteiger partial charge in [-0.05, 0) is 0 Å². The SMILES string of the molecule is CC1CC(=O)N(CC2(O)CCOC2)C1=O. The van der Waals surface area contributed by atoms with Crippen LogP contribution in [0.4, 0.5) is 0 Å². The lowest BCUT2D eigenvalue weighted by Gasteiger charge is -2.25. The number of imide groups is 1. The molecule has 5 heteroatoms. The predicted molar refractivity (Wildman–Crippen MR) is 50.9 cm³/mol. The smallest absolute Gasteiger partial charge is 0.232 e. The van der Waals surface area contributed by atoms with Gasteiger partial charge in [0, 0.05) is 25.4 Å². The number of carbonyl (C=O) groups excluding carboxylic acids is 2. The molecule has 2 amide bonds. The van der Waals surface area contributed by atoms with Crippen LogP contribution in [0.1, 0.15) is 19.8 Å². The lowest BCUT2D eigenvalue weighted by molar-refractivity contribution is -0.143. The van der Waals surface area contributed by atoms with E-state index in [1.54, 1.807) is 6.92 Å². The standard InChI is InChI=1S/C10H15NO4/c1-7-4-8(12)11(9(7)13)5-10(14)2-3-15-6-10/h7,14H,2-6H2,1H3. The summed E-state index contributed by atoms with van der Waals surface area (Å²) < 4.78 is 5.07. The summed E-state index contributed by atoms with van der Waals surface area (Å²) in [4.78, 5) is 24.2. The highest BCUT2D eigenvalue weighted by molar-refractivity contribution is 6.03. The summed E-state index contributed by atoms with van der Waals surface area (Å²) in [7, 11) is 0. The Hall–Kier alpha value is -0.940. The van der Waals surface area contributed by atoms with Crippen LogP contribution < -0.4 is 0 Å². The second-order valence-electron chi connectivity index (χ2n) is 4.45. The van der Waals surface area contributed by atoms with E-state index in [1.165, 1.54) is 4.90 Å². The summed E-state index contributed by atoms with van der Waals surface area (Å²) in [6, 6.07) is 0. The number of hydrogen-bond acceptors (Lipinski definition) is 4. The third-order valence-corrected chi connectivity index (χ3v) is 3.00. The van der Waals surface area contributed by atoms with Crippen molar-refractivity contribution in [1.82, 2.24) is 4.90 Å². The molecule has 84 valence electrons. The zero-order chi connectivity index (χ0) is 11.1. The van der Waals surface area contributed by atoms with Gasteiger partial charge in [0.1, 0.15) is 5.60 Å². The number of β-amino-alcohol motifs (C(OH)–C–C–N with tert-alkyl or cyclic N) is 1. The Morgan fingerprint density at radius 3 is 2.80 bits per heavy atom. The van der Waals surface area contributed by atoms with E-state index in [1.807, 2.05) is 0 Å². The number of amides is 2. The molecule has 2 heterocycles.